The van der Waals surface area contributed by atoms with Crippen molar-refractivity contribution in [2.24, 2.45) is 0 Å². The molecular formula is C30H39N3O4. The molecule has 5 rings (SSSR count). The Morgan fingerprint density at radius 2 is 1.70 bits per heavy atom. The largest absolute Gasteiger partial charge is 0.485 e. The van der Waals surface area contributed by atoms with Crippen molar-refractivity contribution in [2.45, 2.75) is 69.3 Å². The predicted molar refractivity (Wildman–Crippen MR) is 143 cm³/mol. The highest BCUT2D eigenvalue weighted by molar-refractivity contribution is 5.97. The lowest BCUT2D eigenvalue weighted by atomic mass is 9.87. The number of hydrogen-bond donors (Lipinski definition) is 1. The molecule has 198 valence electrons. The number of piperidine rings is 1. The highest BCUT2D eigenvalue weighted by Crippen LogP contribution is 2.50. The molecule has 1 N–H and O–H groups in total. The summed E-state index contributed by atoms with van der Waals surface area (Å²) < 4.78 is 13.0. The minimum atomic E-state index is -0.616. The number of morpholine rings is 1. The Bertz CT molecular complexity index is 1110. The maximum atomic E-state index is 13.7. The van der Waals surface area contributed by atoms with Crippen molar-refractivity contribution in [1.29, 1.82) is 0 Å². The molecular weight excluding hydrogens is 466 g/mol. The normalized spacial score (nSPS) is 20.9. The first kappa shape index (κ1) is 25.7. The summed E-state index contributed by atoms with van der Waals surface area (Å²) in [5.41, 5.74) is 0.695. The van der Waals surface area contributed by atoms with E-state index in [1.165, 1.54) is 0 Å². The average molecular weight is 506 g/mol. The van der Waals surface area contributed by atoms with Gasteiger partial charge in [-0.3, -0.25) is 9.59 Å². The highest BCUT2D eigenvalue weighted by Gasteiger charge is 2.62. The third-order valence-electron chi connectivity index (χ3n) is 8.02. The molecule has 7 heteroatoms. The SMILES string of the molecule is CNCCC(Oc1ccccc1C(=O)N1CCC2(CC1)CN(C(C)C)C(=O)C1(CC1)O2)c1ccccc1. The first-order chi connectivity index (χ1) is 17.9. The molecule has 3 aliphatic rings. The molecule has 1 atom stereocenters. The van der Waals surface area contributed by atoms with Crippen molar-refractivity contribution in [3.8, 4) is 5.75 Å². The molecule has 7 nitrogen and oxygen atoms in total. The van der Waals surface area contributed by atoms with Crippen molar-refractivity contribution < 1.29 is 19.1 Å². The Kier molecular flexibility index (Phi) is 7.28. The topological polar surface area (TPSA) is 71.1 Å². The third-order valence-corrected chi connectivity index (χ3v) is 8.02. The van der Waals surface area contributed by atoms with Gasteiger partial charge in [-0.15, -0.1) is 0 Å². The lowest BCUT2D eigenvalue weighted by molar-refractivity contribution is -0.202. The summed E-state index contributed by atoms with van der Waals surface area (Å²) in [5, 5.41) is 3.20. The van der Waals surface area contributed by atoms with Gasteiger partial charge in [0.2, 0.25) is 0 Å². The number of nitrogens with zero attached hydrogens (tertiary/aromatic N) is 2. The van der Waals surface area contributed by atoms with E-state index in [2.05, 4.69) is 31.3 Å². The molecule has 0 radical (unpaired) electrons. The van der Waals surface area contributed by atoms with Gasteiger partial charge in [-0.05, 0) is 70.8 Å². The van der Waals surface area contributed by atoms with Crippen LogP contribution in [0.15, 0.2) is 54.6 Å². The van der Waals surface area contributed by atoms with Crippen molar-refractivity contribution >= 4 is 11.8 Å². The van der Waals surface area contributed by atoms with Crippen LogP contribution in [0.3, 0.4) is 0 Å². The van der Waals surface area contributed by atoms with Gasteiger partial charge < -0.3 is 24.6 Å². The van der Waals surface area contributed by atoms with Gasteiger partial charge in [-0.25, -0.2) is 0 Å². The second-order valence-corrected chi connectivity index (χ2v) is 11.0. The Morgan fingerprint density at radius 1 is 1.03 bits per heavy atom. The summed E-state index contributed by atoms with van der Waals surface area (Å²) in [6.45, 7) is 6.76. The molecule has 37 heavy (non-hydrogen) atoms. The number of amides is 2. The van der Waals surface area contributed by atoms with Crippen molar-refractivity contribution in [3.05, 3.63) is 65.7 Å². The lowest BCUT2D eigenvalue weighted by Crippen LogP contribution is -2.64. The number of para-hydroxylation sites is 1. The molecule has 2 aromatic rings. The monoisotopic (exact) mass is 505 g/mol. The predicted octanol–water partition coefficient (Wildman–Crippen LogP) is 4.19. The maximum Gasteiger partial charge on any atom is 0.257 e. The van der Waals surface area contributed by atoms with Crippen LogP contribution in [0.5, 0.6) is 5.75 Å². The molecule has 2 heterocycles. The molecule has 1 aliphatic carbocycles. The Labute approximate surface area is 220 Å². The van der Waals surface area contributed by atoms with E-state index in [9.17, 15) is 9.59 Å². The van der Waals surface area contributed by atoms with Crippen LogP contribution < -0.4 is 10.1 Å². The summed E-state index contributed by atoms with van der Waals surface area (Å²) in [6, 6.07) is 17.9. The van der Waals surface area contributed by atoms with E-state index in [1.54, 1.807) is 0 Å². The van der Waals surface area contributed by atoms with Crippen LogP contribution >= 0.6 is 0 Å². The summed E-state index contributed by atoms with van der Waals surface area (Å²) in [5.74, 6) is 0.740. The van der Waals surface area contributed by atoms with Crippen molar-refractivity contribution in [3.63, 3.8) is 0 Å². The zero-order chi connectivity index (χ0) is 26.0. The number of benzene rings is 2. The third kappa shape index (κ3) is 5.25. The highest BCUT2D eigenvalue weighted by atomic mass is 16.5. The first-order valence-corrected chi connectivity index (χ1v) is 13.6. The van der Waals surface area contributed by atoms with Crippen LogP contribution in [0.1, 0.15) is 68.0 Å². The lowest BCUT2D eigenvalue weighted by Gasteiger charge is -2.51. The Balaban J connectivity index is 1.30. The van der Waals surface area contributed by atoms with Crippen LogP contribution in [0.25, 0.3) is 0 Å². The Hall–Kier alpha value is -2.90. The molecule has 1 saturated carbocycles. The van der Waals surface area contributed by atoms with Gasteiger partial charge in [0, 0.05) is 25.6 Å². The molecule has 2 amide bonds. The van der Waals surface area contributed by atoms with E-state index in [0.717, 1.165) is 44.2 Å². The molecule has 3 fully saturated rings. The van der Waals surface area contributed by atoms with Crippen molar-refractivity contribution in [1.82, 2.24) is 15.1 Å². The van der Waals surface area contributed by atoms with Gasteiger partial charge in [0.05, 0.1) is 17.7 Å². The number of ether oxygens (including phenoxy) is 2. The smallest absolute Gasteiger partial charge is 0.257 e. The van der Waals surface area contributed by atoms with E-state index >= 15 is 0 Å². The van der Waals surface area contributed by atoms with Crippen LogP contribution in [0.4, 0.5) is 0 Å². The minimum Gasteiger partial charge on any atom is -0.485 e. The van der Waals surface area contributed by atoms with Crippen LogP contribution in [-0.4, -0.2) is 72.1 Å². The van der Waals surface area contributed by atoms with Gasteiger partial charge in [0.25, 0.3) is 11.8 Å². The quantitative estimate of drug-likeness (QED) is 0.583. The fraction of sp³-hybridized carbons (Fsp3) is 0.533. The number of hydrogen-bond acceptors (Lipinski definition) is 5. The van der Waals surface area contributed by atoms with Gasteiger partial charge in [-0.2, -0.15) is 0 Å². The fourth-order valence-corrected chi connectivity index (χ4v) is 5.66. The number of likely N-dealkylation sites (tertiary alicyclic amines) is 1. The number of nitrogens with one attached hydrogen (secondary N) is 1. The first-order valence-electron chi connectivity index (χ1n) is 13.6. The van der Waals surface area contributed by atoms with Crippen LogP contribution in [0.2, 0.25) is 0 Å². The zero-order valence-corrected chi connectivity index (χ0v) is 22.2. The van der Waals surface area contributed by atoms with Crippen LogP contribution in [0, 0.1) is 0 Å². The fourth-order valence-electron chi connectivity index (χ4n) is 5.66. The van der Waals surface area contributed by atoms with Crippen LogP contribution in [-0.2, 0) is 9.53 Å². The van der Waals surface area contributed by atoms with E-state index in [4.69, 9.17) is 9.47 Å². The maximum absolute atomic E-state index is 13.7. The summed E-state index contributed by atoms with van der Waals surface area (Å²) in [7, 11) is 1.93. The molecule has 2 aromatic carbocycles. The molecule has 0 bridgehead atoms. The number of carbonyl (C=O) groups is 2. The molecule has 0 aromatic heterocycles. The van der Waals surface area contributed by atoms with Gasteiger partial charge in [-0.1, -0.05) is 42.5 Å². The number of rotatable bonds is 8. The summed E-state index contributed by atoms with van der Waals surface area (Å²) in [6.07, 6.45) is 3.71. The number of carbonyl (C=O) groups excluding carboxylic acids is 2. The Morgan fingerprint density at radius 3 is 2.35 bits per heavy atom. The molecule has 2 spiro atoms. The van der Waals surface area contributed by atoms with E-state index in [0.29, 0.717) is 30.9 Å². The van der Waals surface area contributed by atoms with Gasteiger partial charge in [0.1, 0.15) is 17.5 Å². The van der Waals surface area contributed by atoms with Gasteiger partial charge >= 0.3 is 0 Å². The molecule has 1 unspecified atom stereocenters. The summed E-state index contributed by atoms with van der Waals surface area (Å²) >= 11 is 0. The van der Waals surface area contributed by atoms with E-state index in [-0.39, 0.29) is 29.6 Å². The standard InChI is InChI=1S/C30H39N3O4/c1-22(2)33-21-29(37-30(14-15-30)28(33)35)16-19-32(20-17-29)27(34)24-11-7-8-12-26(24)36-25(13-18-31-3)23-9-5-4-6-10-23/h4-12,22,25,31H,13-21H2,1-3H3. The molecule has 2 saturated heterocycles. The average Bonchev–Trinajstić information content (AvgIpc) is 3.69. The zero-order valence-electron chi connectivity index (χ0n) is 22.2. The van der Waals surface area contributed by atoms with Gasteiger partial charge in [0.15, 0.2) is 0 Å². The second-order valence-electron chi connectivity index (χ2n) is 11.0. The molecule has 2 aliphatic heterocycles. The van der Waals surface area contributed by atoms with Crippen molar-refractivity contribution in [2.75, 3.05) is 33.2 Å². The van der Waals surface area contributed by atoms with E-state index in [1.807, 2.05) is 59.3 Å². The summed E-state index contributed by atoms with van der Waals surface area (Å²) in [4.78, 5) is 30.6. The second kappa shape index (κ2) is 10.5. The minimum absolute atomic E-state index is 0.0142. The van der Waals surface area contributed by atoms with E-state index < -0.39 is 5.60 Å².